The number of hydrogen-bond donors (Lipinski definition) is 3. The van der Waals surface area contributed by atoms with Crippen molar-refractivity contribution in [3.63, 3.8) is 0 Å². The van der Waals surface area contributed by atoms with Gasteiger partial charge >= 0.3 is 5.97 Å². The van der Waals surface area contributed by atoms with Crippen molar-refractivity contribution >= 4 is 21.7 Å². The molecule has 3 N–H and O–H groups in total. The van der Waals surface area contributed by atoms with Gasteiger partial charge in [-0.05, 0) is 38.5 Å². The van der Waals surface area contributed by atoms with Gasteiger partial charge in [0.05, 0.1) is 17.1 Å². The molecule has 0 aliphatic heterocycles. The van der Waals surface area contributed by atoms with Crippen molar-refractivity contribution in [2.75, 3.05) is 19.0 Å². The van der Waals surface area contributed by atoms with Gasteiger partial charge in [-0.15, -0.1) is 0 Å². The number of ether oxygens (including phenoxy) is 1. The van der Waals surface area contributed by atoms with Gasteiger partial charge in [0.2, 0.25) is 10.0 Å². The zero-order valence-corrected chi connectivity index (χ0v) is 14.6. The van der Waals surface area contributed by atoms with Crippen LogP contribution in [0.2, 0.25) is 0 Å². The summed E-state index contributed by atoms with van der Waals surface area (Å²) in [4.78, 5) is 11.3. The van der Waals surface area contributed by atoms with Crippen LogP contribution in [0.4, 0.5) is 5.69 Å². The molecule has 0 aliphatic carbocycles. The van der Waals surface area contributed by atoms with Crippen molar-refractivity contribution in [2.45, 2.75) is 44.2 Å². The van der Waals surface area contributed by atoms with Crippen LogP contribution in [0.25, 0.3) is 0 Å². The molecule has 23 heavy (non-hydrogen) atoms. The van der Waals surface area contributed by atoms with Gasteiger partial charge in [0, 0.05) is 24.9 Å². The third kappa shape index (κ3) is 5.49. The monoisotopic (exact) mass is 344 g/mol. The van der Waals surface area contributed by atoms with E-state index >= 15 is 0 Å². The van der Waals surface area contributed by atoms with E-state index in [1.807, 2.05) is 13.8 Å². The van der Waals surface area contributed by atoms with Crippen LogP contribution in [0.1, 0.15) is 37.6 Å². The molecule has 8 heteroatoms. The standard InChI is InChI=1S/C15H24N2O5S/c1-5-10(2)16-14-7-6-12(8-13(14)15(18)19)23(20,21)17-11(3)9-22-4/h6-8,10-11,16-17H,5,9H2,1-4H3,(H,18,19)/t10-,11+/m1/s1. The molecule has 1 aromatic carbocycles. The highest BCUT2D eigenvalue weighted by atomic mass is 32.2. The van der Waals surface area contributed by atoms with E-state index in [0.717, 1.165) is 12.5 Å². The minimum Gasteiger partial charge on any atom is -0.478 e. The van der Waals surface area contributed by atoms with E-state index in [4.69, 9.17) is 4.74 Å². The van der Waals surface area contributed by atoms with Gasteiger partial charge < -0.3 is 15.2 Å². The van der Waals surface area contributed by atoms with Gasteiger partial charge in [0.25, 0.3) is 0 Å². The number of nitrogens with one attached hydrogen (secondary N) is 2. The molecule has 1 aromatic rings. The number of anilines is 1. The summed E-state index contributed by atoms with van der Waals surface area (Å²) >= 11 is 0. The number of carboxylic acid groups (broad SMARTS) is 1. The first-order valence-corrected chi connectivity index (χ1v) is 8.84. The second-order valence-electron chi connectivity index (χ2n) is 5.44. The zero-order chi connectivity index (χ0) is 17.6. The fourth-order valence-electron chi connectivity index (χ4n) is 1.98. The molecule has 0 amide bonds. The van der Waals surface area contributed by atoms with Gasteiger partial charge in [-0.3, -0.25) is 0 Å². The van der Waals surface area contributed by atoms with Crippen molar-refractivity contribution in [1.82, 2.24) is 4.72 Å². The summed E-state index contributed by atoms with van der Waals surface area (Å²) in [6, 6.07) is 3.69. The van der Waals surface area contributed by atoms with E-state index in [0.29, 0.717) is 5.69 Å². The normalized spacial score (nSPS) is 14.3. The third-order valence-electron chi connectivity index (χ3n) is 3.32. The Balaban J connectivity index is 3.14. The lowest BCUT2D eigenvalue weighted by Gasteiger charge is -2.17. The Morgan fingerprint density at radius 1 is 1.30 bits per heavy atom. The molecule has 0 spiro atoms. The molecule has 130 valence electrons. The lowest BCUT2D eigenvalue weighted by atomic mass is 10.1. The maximum absolute atomic E-state index is 12.3. The van der Waals surface area contributed by atoms with Gasteiger partial charge in [0.1, 0.15) is 0 Å². The maximum atomic E-state index is 12.3. The van der Waals surface area contributed by atoms with Crippen LogP contribution in [0, 0.1) is 0 Å². The van der Waals surface area contributed by atoms with Crippen LogP contribution >= 0.6 is 0 Å². The van der Waals surface area contributed by atoms with Crippen molar-refractivity contribution in [2.24, 2.45) is 0 Å². The number of rotatable bonds is 9. The van der Waals surface area contributed by atoms with Crippen molar-refractivity contribution < 1.29 is 23.1 Å². The van der Waals surface area contributed by atoms with Crippen molar-refractivity contribution in [1.29, 1.82) is 0 Å². The summed E-state index contributed by atoms with van der Waals surface area (Å²) < 4.78 is 31.9. The highest BCUT2D eigenvalue weighted by Crippen LogP contribution is 2.22. The first-order chi connectivity index (χ1) is 10.7. The minimum absolute atomic E-state index is 0.0763. The van der Waals surface area contributed by atoms with Crippen LogP contribution in [-0.2, 0) is 14.8 Å². The summed E-state index contributed by atoms with van der Waals surface area (Å²) in [6.45, 7) is 5.78. The predicted octanol–water partition coefficient (Wildman–Crippen LogP) is 1.91. The summed E-state index contributed by atoms with van der Waals surface area (Å²) in [5.74, 6) is -1.18. The number of carbonyl (C=O) groups is 1. The van der Waals surface area contributed by atoms with E-state index in [2.05, 4.69) is 10.0 Å². The summed E-state index contributed by atoms with van der Waals surface area (Å²) in [6.07, 6.45) is 0.815. The maximum Gasteiger partial charge on any atom is 0.337 e. The molecule has 0 bridgehead atoms. The Labute approximate surface area is 137 Å². The Hall–Kier alpha value is -1.64. The average molecular weight is 344 g/mol. The fourth-order valence-corrected chi connectivity index (χ4v) is 3.23. The average Bonchev–Trinajstić information content (AvgIpc) is 2.46. The molecule has 1 rings (SSSR count). The SMILES string of the molecule is CC[C@@H](C)Nc1ccc(S(=O)(=O)N[C@@H](C)COC)cc1C(=O)O. The van der Waals surface area contributed by atoms with Crippen LogP contribution < -0.4 is 10.0 Å². The highest BCUT2D eigenvalue weighted by molar-refractivity contribution is 7.89. The van der Waals surface area contributed by atoms with Crippen LogP contribution in [0.15, 0.2) is 23.1 Å². The minimum atomic E-state index is -3.81. The molecule has 0 aromatic heterocycles. The lowest BCUT2D eigenvalue weighted by Crippen LogP contribution is -2.35. The van der Waals surface area contributed by atoms with Crippen LogP contribution in [0.5, 0.6) is 0 Å². The smallest absolute Gasteiger partial charge is 0.337 e. The van der Waals surface area contributed by atoms with Gasteiger partial charge in [-0.25, -0.2) is 17.9 Å². The molecule has 0 saturated carbocycles. The Morgan fingerprint density at radius 2 is 1.96 bits per heavy atom. The van der Waals surface area contributed by atoms with E-state index in [1.165, 1.54) is 19.2 Å². The zero-order valence-electron chi connectivity index (χ0n) is 13.8. The van der Waals surface area contributed by atoms with Gasteiger partial charge in [-0.2, -0.15) is 0 Å². The van der Waals surface area contributed by atoms with Gasteiger partial charge in [-0.1, -0.05) is 6.92 Å². The predicted molar refractivity (Wildman–Crippen MR) is 88.4 cm³/mol. The topological polar surface area (TPSA) is 105 Å². The molecule has 0 heterocycles. The van der Waals surface area contributed by atoms with Gasteiger partial charge in [0.15, 0.2) is 0 Å². The Bertz CT molecular complexity index is 645. The third-order valence-corrected chi connectivity index (χ3v) is 4.91. The quantitative estimate of drug-likeness (QED) is 0.632. The summed E-state index contributed by atoms with van der Waals surface area (Å²) in [5.41, 5.74) is 0.323. The molecule has 0 radical (unpaired) electrons. The lowest BCUT2D eigenvalue weighted by molar-refractivity contribution is 0.0697. The number of sulfonamides is 1. The number of methoxy groups -OCH3 is 1. The van der Waals surface area contributed by atoms with Crippen LogP contribution in [0.3, 0.4) is 0 Å². The first kappa shape index (κ1) is 19.4. The molecule has 2 atom stereocenters. The van der Waals surface area contributed by atoms with E-state index in [-0.39, 0.29) is 23.1 Å². The molecule has 0 aliphatic rings. The van der Waals surface area contributed by atoms with E-state index < -0.39 is 22.0 Å². The summed E-state index contributed by atoms with van der Waals surface area (Å²) in [5, 5.41) is 12.4. The second kappa shape index (κ2) is 8.28. The molecule has 0 fully saturated rings. The van der Waals surface area contributed by atoms with Crippen molar-refractivity contribution in [3.8, 4) is 0 Å². The number of carboxylic acids is 1. The fraction of sp³-hybridized carbons (Fsp3) is 0.533. The molecule has 0 unspecified atom stereocenters. The Morgan fingerprint density at radius 3 is 2.48 bits per heavy atom. The summed E-state index contributed by atoms with van der Waals surface area (Å²) in [7, 11) is -2.33. The number of aromatic carboxylic acids is 1. The molecular formula is C15H24N2O5S. The number of hydrogen-bond acceptors (Lipinski definition) is 5. The van der Waals surface area contributed by atoms with Crippen molar-refractivity contribution in [3.05, 3.63) is 23.8 Å². The van der Waals surface area contributed by atoms with E-state index in [9.17, 15) is 18.3 Å². The molecular weight excluding hydrogens is 320 g/mol. The van der Waals surface area contributed by atoms with Crippen LogP contribution in [-0.4, -0.2) is 45.3 Å². The van der Waals surface area contributed by atoms with E-state index in [1.54, 1.807) is 6.92 Å². The largest absolute Gasteiger partial charge is 0.478 e. The number of benzene rings is 1. The first-order valence-electron chi connectivity index (χ1n) is 7.36. The molecule has 7 nitrogen and oxygen atoms in total. The Kier molecular flexibility index (Phi) is 6.99. The molecule has 0 saturated heterocycles. The second-order valence-corrected chi connectivity index (χ2v) is 7.16. The highest BCUT2D eigenvalue weighted by Gasteiger charge is 2.21.